The maximum absolute atomic E-state index is 14.1. The molecule has 0 unspecified atom stereocenters. The largest absolute Gasteiger partial charge is 0.465 e. The van der Waals surface area contributed by atoms with E-state index in [1.165, 1.54) is 24.1 Å². The van der Waals surface area contributed by atoms with E-state index in [0.29, 0.717) is 22.0 Å². The third kappa shape index (κ3) is 5.28. The smallest absolute Gasteiger partial charge is 0.337 e. The highest BCUT2D eigenvalue weighted by atomic mass is 35.5. The van der Waals surface area contributed by atoms with Crippen LogP contribution in [0.15, 0.2) is 42.6 Å². The van der Waals surface area contributed by atoms with Gasteiger partial charge in [-0.3, -0.25) is 9.59 Å². The number of hydrogen-bond donors (Lipinski definition) is 1. The molecule has 1 fully saturated rings. The highest BCUT2D eigenvalue weighted by Crippen LogP contribution is 2.28. The Kier molecular flexibility index (Phi) is 7.03. The third-order valence-electron chi connectivity index (χ3n) is 5.86. The van der Waals surface area contributed by atoms with Crippen molar-refractivity contribution >= 4 is 40.3 Å². The number of nitrogens with zero attached hydrogens (tertiary/aromatic N) is 3. The number of halogens is 2. The van der Waals surface area contributed by atoms with Gasteiger partial charge in [-0.1, -0.05) is 23.7 Å². The second kappa shape index (κ2) is 10.2. The van der Waals surface area contributed by atoms with Crippen LogP contribution in [0.1, 0.15) is 34.3 Å². The zero-order valence-electron chi connectivity index (χ0n) is 18.9. The zero-order chi connectivity index (χ0) is 25.1. The van der Waals surface area contributed by atoms with Gasteiger partial charge in [0.1, 0.15) is 18.4 Å². The van der Waals surface area contributed by atoms with Crippen LogP contribution in [0.5, 0.6) is 0 Å². The molecule has 35 heavy (non-hydrogen) atoms. The molecule has 0 atom stereocenters. The van der Waals surface area contributed by atoms with Crippen LogP contribution in [0.2, 0.25) is 5.02 Å². The maximum Gasteiger partial charge on any atom is 0.337 e. The Hall–Kier alpha value is -3.90. The van der Waals surface area contributed by atoms with Crippen molar-refractivity contribution in [1.29, 1.82) is 5.26 Å². The molecule has 1 aromatic heterocycles. The zero-order valence-corrected chi connectivity index (χ0v) is 19.6. The van der Waals surface area contributed by atoms with Gasteiger partial charge in [-0.15, -0.1) is 0 Å². The Balaban J connectivity index is 1.47. The summed E-state index contributed by atoms with van der Waals surface area (Å²) in [6, 6.07) is 11.4. The number of nitriles is 1. The summed E-state index contributed by atoms with van der Waals surface area (Å²) >= 11 is 5.78. The summed E-state index contributed by atoms with van der Waals surface area (Å²) in [7, 11) is 1.27. The molecule has 1 heterocycles. The fraction of sp³-hybridized carbons (Fsp3) is 0.280. The van der Waals surface area contributed by atoms with E-state index in [2.05, 4.69) is 11.4 Å². The number of benzene rings is 2. The molecule has 1 N–H and O–H groups in total. The van der Waals surface area contributed by atoms with Gasteiger partial charge in [0.25, 0.3) is 0 Å². The molecule has 2 aromatic carbocycles. The Morgan fingerprint density at radius 3 is 2.74 bits per heavy atom. The van der Waals surface area contributed by atoms with E-state index in [-0.39, 0.29) is 42.2 Å². The first-order chi connectivity index (χ1) is 16.8. The minimum absolute atomic E-state index is 0.0269. The van der Waals surface area contributed by atoms with E-state index in [9.17, 15) is 24.0 Å². The number of fused-ring (bicyclic) bond motifs is 1. The summed E-state index contributed by atoms with van der Waals surface area (Å²) in [5, 5.41) is 12.7. The average Bonchev–Trinajstić information content (AvgIpc) is 3.64. The fourth-order valence-electron chi connectivity index (χ4n) is 3.89. The SMILES string of the molecule is COC(=O)c1ccc2c(c1)c(C#N)cn2CC(=O)N(CC(=O)NCc1cccc(Cl)c1F)C1CC1. The molecule has 0 saturated heterocycles. The van der Waals surface area contributed by atoms with Crippen molar-refractivity contribution in [2.75, 3.05) is 13.7 Å². The minimum Gasteiger partial charge on any atom is -0.465 e. The number of amides is 2. The van der Waals surface area contributed by atoms with E-state index >= 15 is 0 Å². The molecular formula is C25H22ClFN4O4. The van der Waals surface area contributed by atoms with E-state index in [1.807, 2.05) is 0 Å². The summed E-state index contributed by atoms with van der Waals surface area (Å²) in [6.07, 6.45) is 3.14. The number of carbonyl (C=O) groups is 3. The normalized spacial score (nSPS) is 12.7. The highest BCUT2D eigenvalue weighted by molar-refractivity contribution is 6.30. The molecule has 1 saturated carbocycles. The number of methoxy groups -OCH3 is 1. The van der Waals surface area contributed by atoms with Gasteiger partial charge in [0.15, 0.2) is 0 Å². The van der Waals surface area contributed by atoms with Crippen LogP contribution in [0.3, 0.4) is 0 Å². The summed E-state index contributed by atoms with van der Waals surface area (Å²) in [5.41, 5.74) is 1.48. The van der Waals surface area contributed by atoms with Crippen molar-refractivity contribution in [1.82, 2.24) is 14.8 Å². The molecule has 8 nitrogen and oxygen atoms in total. The predicted molar refractivity (Wildman–Crippen MR) is 126 cm³/mol. The molecule has 0 aliphatic heterocycles. The number of esters is 1. The lowest BCUT2D eigenvalue weighted by atomic mass is 10.1. The van der Waals surface area contributed by atoms with Crippen molar-refractivity contribution < 1.29 is 23.5 Å². The van der Waals surface area contributed by atoms with Crippen LogP contribution < -0.4 is 5.32 Å². The molecular weight excluding hydrogens is 475 g/mol. The van der Waals surface area contributed by atoms with Crippen molar-refractivity contribution in [2.24, 2.45) is 0 Å². The maximum atomic E-state index is 14.1. The van der Waals surface area contributed by atoms with Gasteiger partial charge in [0.2, 0.25) is 11.8 Å². The van der Waals surface area contributed by atoms with Gasteiger partial charge in [0, 0.05) is 35.2 Å². The van der Waals surface area contributed by atoms with Gasteiger partial charge in [-0.25, -0.2) is 9.18 Å². The second-order valence-electron chi connectivity index (χ2n) is 8.25. The monoisotopic (exact) mass is 496 g/mol. The van der Waals surface area contributed by atoms with E-state index in [1.54, 1.807) is 35.0 Å². The molecule has 1 aliphatic carbocycles. The molecule has 0 radical (unpaired) electrons. The molecule has 2 amide bonds. The highest BCUT2D eigenvalue weighted by Gasteiger charge is 2.34. The first-order valence-corrected chi connectivity index (χ1v) is 11.3. The lowest BCUT2D eigenvalue weighted by molar-refractivity contribution is -0.137. The third-order valence-corrected chi connectivity index (χ3v) is 6.15. The van der Waals surface area contributed by atoms with Crippen molar-refractivity contribution in [3.8, 4) is 6.07 Å². The average molecular weight is 497 g/mol. The number of carbonyl (C=O) groups excluding carboxylic acids is 3. The molecule has 180 valence electrons. The standard InChI is InChI=1S/C25H22ClFN4O4/c1-35-25(34)15-5-8-21-19(9-15)17(10-28)12-30(21)14-23(33)31(18-6-7-18)13-22(32)29-11-16-3-2-4-20(26)24(16)27/h2-5,8-9,12,18H,6-7,11,13-14H2,1H3,(H,29,32). The van der Waals surface area contributed by atoms with Crippen LogP contribution in [0.25, 0.3) is 10.9 Å². The number of aromatic nitrogens is 1. The molecule has 1 aliphatic rings. The van der Waals surface area contributed by atoms with Gasteiger partial charge in [-0.05, 0) is 37.1 Å². The topological polar surface area (TPSA) is 104 Å². The second-order valence-corrected chi connectivity index (χ2v) is 8.66. The van der Waals surface area contributed by atoms with Crippen LogP contribution in [-0.4, -0.2) is 46.9 Å². The Morgan fingerprint density at radius 1 is 1.29 bits per heavy atom. The van der Waals surface area contributed by atoms with Crippen LogP contribution in [0, 0.1) is 17.1 Å². The quantitative estimate of drug-likeness (QED) is 0.481. The van der Waals surface area contributed by atoms with Crippen LogP contribution in [0.4, 0.5) is 4.39 Å². The van der Waals surface area contributed by atoms with Crippen molar-refractivity contribution in [3.05, 3.63) is 70.1 Å². The van der Waals surface area contributed by atoms with Gasteiger partial charge in [0.05, 0.1) is 29.8 Å². The van der Waals surface area contributed by atoms with Gasteiger partial charge in [-0.2, -0.15) is 5.26 Å². The first kappa shape index (κ1) is 24.2. The van der Waals surface area contributed by atoms with E-state index < -0.39 is 17.7 Å². The Labute approximate surface area is 205 Å². The summed E-state index contributed by atoms with van der Waals surface area (Å²) < 4.78 is 20.4. The Bertz CT molecular complexity index is 1360. The minimum atomic E-state index is -0.590. The number of ether oxygens (including phenoxy) is 1. The molecule has 4 rings (SSSR count). The van der Waals surface area contributed by atoms with Crippen LogP contribution >= 0.6 is 11.6 Å². The van der Waals surface area contributed by atoms with E-state index in [0.717, 1.165) is 12.8 Å². The lowest BCUT2D eigenvalue weighted by Crippen LogP contribution is -2.43. The molecule has 10 heteroatoms. The van der Waals surface area contributed by atoms with E-state index in [4.69, 9.17) is 16.3 Å². The Morgan fingerprint density at radius 2 is 2.06 bits per heavy atom. The molecule has 0 spiro atoms. The molecule has 3 aromatic rings. The number of hydrogen-bond acceptors (Lipinski definition) is 5. The first-order valence-electron chi connectivity index (χ1n) is 10.9. The molecule has 0 bridgehead atoms. The summed E-state index contributed by atoms with van der Waals surface area (Å²) in [5.74, 6) is -1.81. The fourth-order valence-corrected chi connectivity index (χ4v) is 4.09. The van der Waals surface area contributed by atoms with Crippen molar-refractivity contribution in [3.63, 3.8) is 0 Å². The van der Waals surface area contributed by atoms with Gasteiger partial charge < -0.3 is 19.5 Å². The van der Waals surface area contributed by atoms with Crippen LogP contribution in [-0.2, 0) is 27.4 Å². The predicted octanol–water partition coefficient (Wildman–Crippen LogP) is 3.40. The number of rotatable bonds is 8. The van der Waals surface area contributed by atoms with Crippen molar-refractivity contribution in [2.45, 2.75) is 32.0 Å². The summed E-state index contributed by atoms with van der Waals surface area (Å²) in [4.78, 5) is 39.1. The summed E-state index contributed by atoms with van der Waals surface area (Å²) in [6.45, 7) is -0.293. The number of nitrogens with one attached hydrogen (secondary N) is 1. The van der Waals surface area contributed by atoms with Gasteiger partial charge >= 0.3 is 5.97 Å². The lowest BCUT2D eigenvalue weighted by Gasteiger charge is -2.22.